The van der Waals surface area contributed by atoms with E-state index in [0.717, 1.165) is 61.4 Å². The van der Waals surface area contributed by atoms with Gasteiger partial charge in [0.15, 0.2) is 0 Å². The van der Waals surface area contributed by atoms with Crippen LogP contribution in [0.2, 0.25) is 5.02 Å². The minimum Gasteiger partial charge on any atom is -0.399 e. The lowest BCUT2D eigenvalue weighted by Crippen LogP contribution is -2.47. The van der Waals surface area contributed by atoms with Crippen LogP contribution in [0.3, 0.4) is 0 Å². The van der Waals surface area contributed by atoms with Gasteiger partial charge in [-0.3, -0.25) is 4.90 Å². The lowest BCUT2D eigenvalue weighted by molar-refractivity contribution is 0.211. The SMILES string of the molecule is CO/N=C(/CCN1CCN(c2ncccn2)CC1)c1ccc(Cl)cc1. The number of piperazine rings is 1. The summed E-state index contributed by atoms with van der Waals surface area (Å²) in [6.45, 7) is 4.77. The van der Waals surface area contributed by atoms with Crippen LogP contribution < -0.4 is 4.90 Å². The van der Waals surface area contributed by atoms with E-state index in [1.54, 1.807) is 19.5 Å². The Morgan fingerprint density at radius 1 is 1.12 bits per heavy atom. The summed E-state index contributed by atoms with van der Waals surface area (Å²) in [6, 6.07) is 9.55. The summed E-state index contributed by atoms with van der Waals surface area (Å²) in [5.41, 5.74) is 1.98. The quantitative estimate of drug-likeness (QED) is 0.586. The van der Waals surface area contributed by atoms with Crippen LogP contribution >= 0.6 is 11.6 Å². The Labute approximate surface area is 153 Å². The van der Waals surface area contributed by atoms with Crippen molar-refractivity contribution < 1.29 is 4.84 Å². The third kappa shape index (κ3) is 4.90. The molecule has 132 valence electrons. The number of nitrogens with zero attached hydrogens (tertiary/aromatic N) is 5. The van der Waals surface area contributed by atoms with Gasteiger partial charge in [-0.15, -0.1) is 0 Å². The fourth-order valence-electron chi connectivity index (χ4n) is 2.89. The van der Waals surface area contributed by atoms with Gasteiger partial charge in [0.2, 0.25) is 5.95 Å². The molecule has 25 heavy (non-hydrogen) atoms. The Morgan fingerprint density at radius 2 is 1.80 bits per heavy atom. The summed E-state index contributed by atoms with van der Waals surface area (Å²) >= 11 is 5.96. The lowest BCUT2D eigenvalue weighted by atomic mass is 10.1. The van der Waals surface area contributed by atoms with Gasteiger partial charge in [-0.2, -0.15) is 0 Å². The largest absolute Gasteiger partial charge is 0.399 e. The maximum absolute atomic E-state index is 5.96. The molecule has 1 aromatic carbocycles. The normalized spacial score (nSPS) is 16.1. The van der Waals surface area contributed by atoms with Crippen LogP contribution in [-0.2, 0) is 4.84 Å². The van der Waals surface area contributed by atoms with Crippen LogP contribution in [0.15, 0.2) is 47.9 Å². The van der Waals surface area contributed by atoms with Gasteiger partial charge in [-0.1, -0.05) is 28.9 Å². The number of anilines is 1. The molecule has 0 unspecified atom stereocenters. The highest BCUT2D eigenvalue weighted by atomic mass is 35.5. The Bertz CT molecular complexity index is 684. The van der Waals surface area contributed by atoms with Crippen molar-refractivity contribution in [2.45, 2.75) is 6.42 Å². The van der Waals surface area contributed by atoms with Gasteiger partial charge >= 0.3 is 0 Å². The second-order valence-electron chi connectivity index (χ2n) is 5.85. The fraction of sp³-hybridized carbons (Fsp3) is 0.389. The second-order valence-corrected chi connectivity index (χ2v) is 6.29. The molecule has 0 saturated carbocycles. The monoisotopic (exact) mass is 359 g/mol. The van der Waals surface area contributed by atoms with E-state index >= 15 is 0 Å². The van der Waals surface area contributed by atoms with Crippen LogP contribution in [0.5, 0.6) is 0 Å². The third-order valence-corrected chi connectivity index (χ3v) is 4.50. The van der Waals surface area contributed by atoms with E-state index in [1.165, 1.54) is 0 Å². The number of halogens is 1. The summed E-state index contributed by atoms with van der Waals surface area (Å²) in [7, 11) is 1.58. The highest BCUT2D eigenvalue weighted by Gasteiger charge is 2.19. The van der Waals surface area contributed by atoms with Crippen molar-refractivity contribution in [1.29, 1.82) is 0 Å². The predicted octanol–water partition coefficient (Wildman–Crippen LogP) is 2.69. The molecule has 0 atom stereocenters. The number of benzene rings is 1. The van der Waals surface area contributed by atoms with Crippen LogP contribution in [0.25, 0.3) is 0 Å². The first-order valence-electron chi connectivity index (χ1n) is 8.36. The first-order chi connectivity index (χ1) is 12.3. The van der Waals surface area contributed by atoms with Gasteiger partial charge in [0.25, 0.3) is 0 Å². The number of rotatable bonds is 6. The van der Waals surface area contributed by atoms with E-state index in [0.29, 0.717) is 0 Å². The molecular formula is C18H22ClN5O. The topological polar surface area (TPSA) is 53.9 Å². The standard InChI is InChI=1S/C18H22ClN5O/c1-25-22-17(15-3-5-16(19)6-4-15)7-10-23-11-13-24(14-12-23)18-20-8-2-9-21-18/h2-6,8-9H,7,10-14H2,1H3/b22-17-. The molecule has 0 bridgehead atoms. The predicted molar refractivity (Wildman–Crippen MR) is 100 cm³/mol. The van der Waals surface area contributed by atoms with E-state index < -0.39 is 0 Å². The minimum absolute atomic E-state index is 0.722. The molecule has 1 saturated heterocycles. The zero-order chi connectivity index (χ0) is 17.5. The number of hydrogen-bond donors (Lipinski definition) is 0. The molecule has 0 spiro atoms. The average molecular weight is 360 g/mol. The van der Waals surface area contributed by atoms with E-state index in [9.17, 15) is 0 Å². The molecule has 7 heteroatoms. The molecule has 1 aliphatic heterocycles. The van der Waals surface area contributed by atoms with Crippen molar-refractivity contribution in [2.75, 3.05) is 44.7 Å². The Morgan fingerprint density at radius 3 is 2.44 bits per heavy atom. The van der Waals surface area contributed by atoms with Crippen LogP contribution in [0.1, 0.15) is 12.0 Å². The molecule has 2 aromatic rings. The first-order valence-corrected chi connectivity index (χ1v) is 8.74. The molecular weight excluding hydrogens is 338 g/mol. The van der Waals surface area contributed by atoms with Crippen molar-refractivity contribution >= 4 is 23.3 Å². The van der Waals surface area contributed by atoms with Gasteiger partial charge < -0.3 is 9.74 Å². The Hall–Kier alpha value is -2.18. The number of hydrogen-bond acceptors (Lipinski definition) is 6. The van der Waals surface area contributed by atoms with E-state index in [4.69, 9.17) is 16.4 Å². The third-order valence-electron chi connectivity index (χ3n) is 4.25. The van der Waals surface area contributed by atoms with Crippen LogP contribution in [0.4, 0.5) is 5.95 Å². The zero-order valence-corrected chi connectivity index (χ0v) is 15.1. The van der Waals surface area contributed by atoms with Gasteiger partial charge in [0, 0.05) is 56.6 Å². The first kappa shape index (κ1) is 17.6. The van der Waals surface area contributed by atoms with Crippen molar-refractivity contribution in [3.8, 4) is 0 Å². The lowest BCUT2D eigenvalue weighted by Gasteiger charge is -2.34. The maximum Gasteiger partial charge on any atom is 0.225 e. The molecule has 3 rings (SSSR count). The van der Waals surface area contributed by atoms with Crippen LogP contribution in [-0.4, -0.2) is 60.4 Å². The zero-order valence-electron chi connectivity index (χ0n) is 14.3. The summed E-state index contributed by atoms with van der Waals surface area (Å²) in [4.78, 5) is 18.3. The summed E-state index contributed by atoms with van der Waals surface area (Å²) < 4.78 is 0. The van der Waals surface area contributed by atoms with E-state index in [-0.39, 0.29) is 0 Å². The molecule has 1 fully saturated rings. The summed E-state index contributed by atoms with van der Waals surface area (Å²) in [5.74, 6) is 0.810. The highest BCUT2D eigenvalue weighted by molar-refractivity contribution is 6.30. The van der Waals surface area contributed by atoms with Gasteiger partial charge in [-0.25, -0.2) is 9.97 Å². The Kier molecular flexibility index (Phi) is 6.19. The van der Waals surface area contributed by atoms with Crippen molar-refractivity contribution in [3.05, 3.63) is 53.3 Å². The molecule has 0 radical (unpaired) electrons. The number of oxime groups is 1. The molecule has 0 aliphatic carbocycles. The smallest absolute Gasteiger partial charge is 0.225 e. The van der Waals surface area contributed by atoms with Crippen LogP contribution in [0, 0.1) is 0 Å². The fourth-order valence-corrected chi connectivity index (χ4v) is 3.01. The molecule has 1 aliphatic rings. The summed E-state index contributed by atoms with van der Waals surface area (Å²) in [6.07, 6.45) is 4.40. The van der Waals surface area contributed by atoms with Crippen molar-refractivity contribution in [2.24, 2.45) is 5.16 Å². The van der Waals surface area contributed by atoms with Gasteiger partial charge in [0.1, 0.15) is 7.11 Å². The van der Waals surface area contributed by atoms with Gasteiger partial charge in [0.05, 0.1) is 5.71 Å². The highest BCUT2D eigenvalue weighted by Crippen LogP contribution is 2.14. The minimum atomic E-state index is 0.722. The summed E-state index contributed by atoms with van der Waals surface area (Å²) in [5, 5.41) is 4.91. The number of aromatic nitrogens is 2. The van der Waals surface area contributed by atoms with E-state index in [2.05, 4.69) is 24.9 Å². The average Bonchev–Trinajstić information content (AvgIpc) is 2.67. The van der Waals surface area contributed by atoms with Crippen molar-refractivity contribution in [3.63, 3.8) is 0 Å². The molecule has 0 amide bonds. The maximum atomic E-state index is 5.96. The second kappa shape index (κ2) is 8.78. The Balaban J connectivity index is 1.53. The molecule has 0 N–H and O–H groups in total. The molecule has 1 aromatic heterocycles. The van der Waals surface area contributed by atoms with Gasteiger partial charge in [-0.05, 0) is 23.8 Å². The molecule has 6 nitrogen and oxygen atoms in total. The van der Waals surface area contributed by atoms with Crippen molar-refractivity contribution in [1.82, 2.24) is 14.9 Å². The molecule has 2 heterocycles. The van der Waals surface area contributed by atoms with E-state index in [1.807, 2.05) is 30.3 Å².